The molecule has 1 unspecified atom stereocenters. The van der Waals surface area contributed by atoms with Crippen LogP contribution in [0.3, 0.4) is 0 Å². The molecule has 0 amide bonds. The zero-order chi connectivity index (χ0) is 10.6. The topological polar surface area (TPSA) is 29.5 Å². The number of aliphatic hydroxyl groups excluding tert-OH is 1. The Kier molecular flexibility index (Phi) is 4.39. The third-order valence-corrected chi connectivity index (χ3v) is 3.76. The number of hydrogen-bond acceptors (Lipinski definition) is 2. The van der Waals surface area contributed by atoms with Gasteiger partial charge in [0.1, 0.15) is 0 Å². The van der Waals surface area contributed by atoms with Gasteiger partial charge in [0, 0.05) is 0 Å². The van der Waals surface area contributed by atoms with Crippen LogP contribution >= 0.6 is 0 Å². The maximum Gasteiger partial charge on any atom is 0.0711 e. The van der Waals surface area contributed by atoms with Gasteiger partial charge < -0.3 is 9.84 Å². The SMILES string of the molecule is CC(C)C(C)C1(OCCO)CCCC1. The molecule has 0 saturated heterocycles. The van der Waals surface area contributed by atoms with Crippen LogP contribution in [-0.2, 0) is 4.74 Å². The van der Waals surface area contributed by atoms with Crippen molar-refractivity contribution in [1.29, 1.82) is 0 Å². The van der Waals surface area contributed by atoms with E-state index in [1.165, 1.54) is 25.7 Å². The molecule has 0 aromatic heterocycles. The monoisotopic (exact) mass is 200 g/mol. The quantitative estimate of drug-likeness (QED) is 0.739. The second-order valence-electron chi connectivity index (χ2n) is 4.88. The molecule has 2 heteroatoms. The molecular weight excluding hydrogens is 176 g/mol. The van der Waals surface area contributed by atoms with Gasteiger partial charge in [-0.2, -0.15) is 0 Å². The zero-order valence-corrected chi connectivity index (χ0v) is 9.75. The van der Waals surface area contributed by atoms with Crippen molar-refractivity contribution in [3.05, 3.63) is 0 Å². The Morgan fingerprint density at radius 1 is 1.21 bits per heavy atom. The summed E-state index contributed by atoms with van der Waals surface area (Å²) in [4.78, 5) is 0. The van der Waals surface area contributed by atoms with E-state index in [2.05, 4.69) is 20.8 Å². The van der Waals surface area contributed by atoms with E-state index in [9.17, 15) is 0 Å². The van der Waals surface area contributed by atoms with Crippen LogP contribution in [0.25, 0.3) is 0 Å². The Hall–Kier alpha value is -0.0800. The van der Waals surface area contributed by atoms with Gasteiger partial charge in [0.25, 0.3) is 0 Å². The van der Waals surface area contributed by atoms with Crippen LogP contribution in [0.15, 0.2) is 0 Å². The van der Waals surface area contributed by atoms with Crippen molar-refractivity contribution in [3.8, 4) is 0 Å². The molecule has 1 aliphatic carbocycles. The Labute approximate surface area is 87.7 Å². The molecule has 1 atom stereocenters. The van der Waals surface area contributed by atoms with E-state index < -0.39 is 0 Å². The first-order valence-electron chi connectivity index (χ1n) is 5.87. The summed E-state index contributed by atoms with van der Waals surface area (Å²) in [6, 6.07) is 0. The van der Waals surface area contributed by atoms with E-state index in [4.69, 9.17) is 9.84 Å². The van der Waals surface area contributed by atoms with Gasteiger partial charge in [-0.25, -0.2) is 0 Å². The Bertz CT molecular complexity index is 160. The number of rotatable bonds is 5. The van der Waals surface area contributed by atoms with Crippen molar-refractivity contribution >= 4 is 0 Å². The zero-order valence-electron chi connectivity index (χ0n) is 9.75. The van der Waals surface area contributed by atoms with Gasteiger partial charge in [-0.15, -0.1) is 0 Å². The minimum absolute atomic E-state index is 0.0664. The maximum atomic E-state index is 8.84. The smallest absolute Gasteiger partial charge is 0.0711 e. The molecule has 1 saturated carbocycles. The molecule has 0 aliphatic heterocycles. The molecule has 0 aromatic carbocycles. The maximum absolute atomic E-state index is 8.84. The summed E-state index contributed by atoms with van der Waals surface area (Å²) in [5.74, 6) is 1.25. The minimum Gasteiger partial charge on any atom is -0.394 e. The van der Waals surface area contributed by atoms with Crippen molar-refractivity contribution in [3.63, 3.8) is 0 Å². The van der Waals surface area contributed by atoms with E-state index in [1.807, 2.05) is 0 Å². The summed E-state index contributed by atoms with van der Waals surface area (Å²) in [7, 11) is 0. The molecule has 1 aliphatic rings. The standard InChI is InChI=1S/C12H24O2/c1-10(2)11(3)12(14-9-8-13)6-4-5-7-12/h10-11,13H,4-9H2,1-3H3. The molecule has 14 heavy (non-hydrogen) atoms. The van der Waals surface area contributed by atoms with Crippen LogP contribution in [-0.4, -0.2) is 23.9 Å². The molecular formula is C12H24O2. The molecule has 1 rings (SSSR count). The van der Waals surface area contributed by atoms with Gasteiger partial charge >= 0.3 is 0 Å². The molecule has 0 aromatic rings. The third kappa shape index (κ3) is 2.48. The summed E-state index contributed by atoms with van der Waals surface area (Å²) < 4.78 is 5.91. The lowest BCUT2D eigenvalue weighted by Gasteiger charge is -2.37. The van der Waals surface area contributed by atoms with E-state index >= 15 is 0 Å². The predicted octanol–water partition coefficient (Wildman–Crippen LogP) is 2.60. The summed E-state index contributed by atoms with van der Waals surface area (Å²) >= 11 is 0. The summed E-state index contributed by atoms with van der Waals surface area (Å²) in [5.41, 5.74) is 0.0664. The number of aliphatic hydroxyl groups is 1. The lowest BCUT2D eigenvalue weighted by atomic mass is 9.79. The lowest BCUT2D eigenvalue weighted by molar-refractivity contribution is -0.0984. The highest BCUT2D eigenvalue weighted by molar-refractivity contribution is 4.92. The Morgan fingerprint density at radius 3 is 2.21 bits per heavy atom. The average Bonchev–Trinajstić information content (AvgIpc) is 2.63. The second kappa shape index (κ2) is 5.13. The van der Waals surface area contributed by atoms with Crippen LogP contribution in [0.1, 0.15) is 46.5 Å². The summed E-state index contributed by atoms with van der Waals surface area (Å²) in [6.45, 7) is 7.44. The fraction of sp³-hybridized carbons (Fsp3) is 1.00. The third-order valence-electron chi connectivity index (χ3n) is 3.76. The Morgan fingerprint density at radius 2 is 1.79 bits per heavy atom. The fourth-order valence-electron chi connectivity index (χ4n) is 2.56. The largest absolute Gasteiger partial charge is 0.394 e. The fourth-order valence-corrected chi connectivity index (χ4v) is 2.56. The number of ether oxygens (including phenoxy) is 1. The van der Waals surface area contributed by atoms with Crippen molar-refractivity contribution in [2.45, 2.75) is 52.1 Å². The highest BCUT2D eigenvalue weighted by Gasteiger charge is 2.40. The van der Waals surface area contributed by atoms with Crippen LogP contribution in [0.5, 0.6) is 0 Å². The number of hydrogen-bond donors (Lipinski definition) is 1. The molecule has 0 heterocycles. The van der Waals surface area contributed by atoms with E-state index in [0.29, 0.717) is 18.4 Å². The first-order chi connectivity index (χ1) is 6.62. The van der Waals surface area contributed by atoms with Crippen molar-refractivity contribution in [1.82, 2.24) is 0 Å². The van der Waals surface area contributed by atoms with E-state index in [0.717, 1.165) is 0 Å². The van der Waals surface area contributed by atoms with E-state index in [-0.39, 0.29) is 12.2 Å². The highest BCUT2D eigenvalue weighted by Crippen LogP contribution is 2.42. The van der Waals surface area contributed by atoms with Crippen LogP contribution in [0.2, 0.25) is 0 Å². The molecule has 2 nitrogen and oxygen atoms in total. The molecule has 0 bridgehead atoms. The second-order valence-corrected chi connectivity index (χ2v) is 4.88. The summed E-state index contributed by atoms with van der Waals surface area (Å²) in [6.07, 6.45) is 4.91. The highest BCUT2D eigenvalue weighted by atomic mass is 16.5. The van der Waals surface area contributed by atoms with Gasteiger partial charge in [0.15, 0.2) is 0 Å². The first kappa shape index (κ1) is 12.0. The molecule has 1 N–H and O–H groups in total. The van der Waals surface area contributed by atoms with Crippen molar-refractivity contribution in [2.24, 2.45) is 11.8 Å². The first-order valence-corrected chi connectivity index (χ1v) is 5.87. The summed E-state index contributed by atoms with van der Waals surface area (Å²) in [5, 5.41) is 8.84. The molecule has 0 radical (unpaired) electrons. The van der Waals surface area contributed by atoms with Crippen molar-refractivity contribution < 1.29 is 9.84 Å². The van der Waals surface area contributed by atoms with Crippen LogP contribution in [0, 0.1) is 11.8 Å². The van der Waals surface area contributed by atoms with Crippen LogP contribution in [0.4, 0.5) is 0 Å². The average molecular weight is 200 g/mol. The van der Waals surface area contributed by atoms with Crippen LogP contribution < -0.4 is 0 Å². The van der Waals surface area contributed by atoms with Gasteiger partial charge in [-0.05, 0) is 24.7 Å². The molecule has 84 valence electrons. The molecule has 0 spiro atoms. The molecule has 1 fully saturated rings. The van der Waals surface area contributed by atoms with Gasteiger partial charge in [0.05, 0.1) is 18.8 Å². The minimum atomic E-state index is 0.0664. The predicted molar refractivity (Wildman–Crippen MR) is 58.2 cm³/mol. The van der Waals surface area contributed by atoms with Gasteiger partial charge in [-0.3, -0.25) is 0 Å². The Balaban J connectivity index is 2.60. The van der Waals surface area contributed by atoms with Crippen molar-refractivity contribution in [2.75, 3.05) is 13.2 Å². The lowest BCUT2D eigenvalue weighted by Crippen LogP contribution is -2.40. The normalized spacial score (nSPS) is 22.9. The van der Waals surface area contributed by atoms with Gasteiger partial charge in [0.2, 0.25) is 0 Å². The van der Waals surface area contributed by atoms with E-state index in [1.54, 1.807) is 0 Å². The van der Waals surface area contributed by atoms with Gasteiger partial charge in [-0.1, -0.05) is 33.6 Å².